The Balaban J connectivity index is 1.72. The van der Waals surface area contributed by atoms with Crippen molar-refractivity contribution in [2.24, 2.45) is 0 Å². The van der Waals surface area contributed by atoms with Crippen LogP contribution in [0.25, 0.3) is 0 Å². The molecule has 21 heavy (non-hydrogen) atoms. The lowest BCUT2D eigenvalue weighted by molar-refractivity contribution is 0.199. The van der Waals surface area contributed by atoms with Crippen LogP contribution < -0.4 is 9.80 Å². The number of aromatic nitrogens is 2. The number of anilines is 2. The maximum Gasteiger partial charge on any atom is 0.134 e. The summed E-state index contributed by atoms with van der Waals surface area (Å²) in [7, 11) is 0. The highest BCUT2D eigenvalue weighted by atomic mass is 16.3. The number of hydrogen-bond acceptors (Lipinski definition) is 5. The number of hydrogen-bond donors (Lipinski definition) is 1. The average Bonchev–Trinajstić information content (AvgIpc) is 2.56. The van der Waals surface area contributed by atoms with E-state index in [9.17, 15) is 5.11 Å². The highest BCUT2D eigenvalue weighted by Crippen LogP contribution is 2.25. The second-order valence-corrected chi connectivity index (χ2v) is 5.25. The minimum Gasteiger partial charge on any atom is -0.389 e. The van der Waals surface area contributed by atoms with Gasteiger partial charge in [-0.1, -0.05) is 12.1 Å². The second kappa shape index (κ2) is 6.10. The van der Waals surface area contributed by atoms with E-state index in [2.05, 4.69) is 19.8 Å². The SMILES string of the molecule is CC(O)c1cccnc1N1CCN(c2ccccn2)CC1. The maximum atomic E-state index is 9.88. The van der Waals surface area contributed by atoms with Gasteiger partial charge >= 0.3 is 0 Å². The van der Waals surface area contributed by atoms with Crippen molar-refractivity contribution in [1.29, 1.82) is 0 Å². The molecule has 0 bridgehead atoms. The molecule has 0 radical (unpaired) electrons. The summed E-state index contributed by atoms with van der Waals surface area (Å²) in [5.74, 6) is 1.92. The third-order valence-electron chi connectivity index (χ3n) is 3.82. The van der Waals surface area contributed by atoms with Crippen LogP contribution in [0, 0.1) is 0 Å². The van der Waals surface area contributed by atoms with Gasteiger partial charge in [0, 0.05) is 44.1 Å². The van der Waals surface area contributed by atoms with Gasteiger partial charge in [-0.05, 0) is 25.1 Å². The monoisotopic (exact) mass is 284 g/mol. The lowest BCUT2D eigenvalue weighted by Gasteiger charge is -2.37. The predicted octanol–water partition coefficient (Wildman–Crippen LogP) is 1.86. The van der Waals surface area contributed by atoms with Crippen LogP contribution in [0.1, 0.15) is 18.6 Å². The fourth-order valence-electron chi connectivity index (χ4n) is 2.69. The van der Waals surface area contributed by atoms with Crippen molar-refractivity contribution in [2.75, 3.05) is 36.0 Å². The van der Waals surface area contributed by atoms with Gasteiger partial charge in [-0.15, -0.1) is 0 Å². The van der Waals surface area contributed by atoms with Crippen LogP contribution in [0.5, 0.6) is 0 Å². The van der Waals surface area contributed by atoms with Crippen LogP contribution in [-0.2, 0) is 0 Å². The quantitative estimate of drug-likeness (QED) is 0.932. The van der Waals surface area contributed by atoms with Gasteiger partial charge in [0.05, 0.1) is 6.10 Å². The summed E-state index contributed by atoms with van der Waals surface area (Å²) in [6.45, 7) is 5.37. The summed E-state index contributed by atoms with van der Waals surface area (Å²) in [4.78, 5) is 13.4. The Morgan fingerprint density at radius 1 is 0.952 bits per heavy atom. The first-order valence-corrected chi connectivity index (χ1v) is 7.29. The van der Waals surface area contributed by atoms with E-state index in [0.717, 1.165) is 43.4 Å². The van der Waals surface area contributed by atoms with Gasteiger partial charge in [0.15, 0.2) is 0 Å². The first kappa shape index (κ1) is 13.8. The molecule has 1 saturated heterocycles. The number of piperazine rings is 1. The van der Waals surface area contributed by atoms with E-state index in [0.29, 0.717) is 0 Å². The molecule has 3 rings (SSSR count). The molecule has 3 heterocycles. The zero-order valence-electron chi connectivity index (χ0n) is 12.2. The van der Waals surface area contributed by atoms with Crippen molar-refractivity contribution in [1.82, 2.24) is 9.97 Å². The molecule has 1 unspecified atom stereocenters. The number of pyridine rings is 2. The van der Waals surface area contributed by atoms with Gasteiger partial charge in [-0.2, -0.15) is 0 Å². The molecular formula is C16H20N4O. The molecule has 0 saturated carbocycles. The maximum absolute atomic E-state index is 9.88. The molecule has 1 aliphatic heterocycles. The molecule has 0 amide bonds. The lowest BCUT2D eigenvalue weighted by atomic mass is 10.1. The smallest absolute Gasteiger partial charge is 0.134 e. The molecule has 0 spiro atoms. The number of nitrogens with zero attached hydrogens (tertiary/aromatic N) is 4. The lowest BCUT2D eigenvalue weighted by Crippen LogP contribution is -2.47. The largest absolute Gasteiger partial charge is 0.389 e. The molecule has 0 aliphatic carbocycles. The van der Waals surface area contributed by atoms with E-state index < -0.39 is 6.10 Å². The Morgan fingerprint density at radius 3 is 2.33 bits per heavy atom. The number of rotatable bonds is 3. The molecule has 1 atom stereocenters. The minimum absolute atomic E-state index is 0.498. The van der Waals surface area contributed by atoms with Crippen LogP contribution in [0.2, 0.25) is 0 Å². The third kappa shape index (κ3) is 2.97. The molecular weight excluding hydrogens is 264 g/mol. The molecule has 1 aliphatic rings. The summed E-state index contributed by atoms with van der Waals surface area (Å²) in [5.41, 5.74) is 0.892. The molecule has 2 aromatic heterocycles. The van der Waals surface area contributed by atoms with Gasteiger partial charge < -0.3 is 14.9 Å². The third-order valence-corrected chi connectivity index (χ3v) is 3.82. The summed E-state index contributed by atoms with van der Waals surface area (Å²) in [5, 5.41) is 9.88. The van der Waals surface area contributed by atoms with Crippen molar-refractivity contribution in [2.45, 2.75) is 13.0 Å². The predicted molar refractivity (Wildman–Crippen MR) is 83.5 cm³/mol. The highest BCUT2D eigenvalue weighted by Gasteiger charge is 2.21. The number of aliphatic hydroxyl groups excluding tert-OH is 1. The molecule has 0 aromatic carbocycles. The van der Waals surface area contributed by atoms with Gasteiger partial charge in [0.25, 0.3) is 0 Å². The standard InChI is InChI=1S/C16H20N4O/c1-13(21)14-5-4-8-18-16(14)20-11-9-19(10-12-20)15-6-2-3-7-17-15/h2-8,13,21H,9-12H2,1H3. The van der Waals surface area contributed by atoms with Gasteiger partial charge in [-0.25, -0.2) is 9.97 Å². The number of aliphatic hydroxyl groups is 1. The van der Waals surface area contributed by atoms with Crippen LogP contribution in [0.4, 0.5) is 11.6 Å². The second-order valence-electron chi connectivity index (χ2n) is 5.25. The Kier molecular flexibility index (Phi) is 4.01. The Bertz CT molecular complexity index is 580. The van der Waals surface area contributed by atoms with Crippen molar-refractivity contribution in [3.8, 4) is 0 Å². The van der Waals surface area contributed by atoms with Crippen LogP contribution in [0.3, 0.4) is 0 Å². The Labute approximate surface area is 124 Å². The van der Waals surface area contributed by atoms with E-state index in [1.54, 1.807) is 13.1 Å². The van der Waals surface area contributed by atoms with E-state index in [4.69, 9.17) is 0 Å². The summed E-state index contributed by atoms with van der Waals surface area (Å²) in [6.07, 6.45) is 3.11. The molecule has 1 fully saturated rings. The molecule has 110 valence electrons. The molecule has 2 aromatic rings. The summed E-state index contributed by atoms with van der Waals surface area (Å²) < 4.78 is 0. The van der Waals surface area contributed by atoms with Crippen LogP contribution >= 0.6 is 0 Å². The Hall–Kier alpha value is -2.14. The summed E-state index contributed by atoms with van der Waals surface area (Å²) in [6, 6.07) is 9.80. The normalized spacial score (nSPS) is 16.9. The molecule has 5 heteroatoms. The fourth-order valence-corrected chi connectivity index (χ4v) is 2.69. The zero-order valence-corrected chi connectivity index (χ0v) is 12.2. The van der Waals surface area contributed by atoms with E-state index in [-0.39, 0.29) is 0 Å². The topological polar surface area (TPSA) is 52.5 Å². The van der Waals surface area contributed by atoms with Gasteiger partial charge in [0.1, 0.15) is 11.6 Å². The van der Waals surface area contributed by atoms with Crippen molar-refractivity contribution in [3.63, 3.8) is 0 Å². The minimum atomic E-state index is -0.498. The first-order valence-electron chi connectivity index (χ1n) is 7.29. The van der Waals surface area contributed by atoms with Crippen molar-refractivity contribution >= 4 is 11.6 Å². The van der Waals surface area contributed by atoms with Crippen molar-refractivity contribution < 1.29 is 5.11 Å². The van der Waals surface area contributed by atoms with E-state index in [1.165, 1.54) is 0 Å². The van der Waals surface area contributed by atoms with Crippen LogP contribution in [-0.4, -0.2) is 41.3 Å². The highest BCUT2D eigenvalue weighted by molar-refractivity contribution is 5.50. The first-order chi connectivity index (χ1) is 10.3. The van der Waals surface area contributed by atoms with Crippen LogP contribution in [0.15, 0.2) is 42.7 Å². The molecule has 5 nitrogen and oxygen atoms in total. The van der Waals surface area contributed by atoms with E-state index in [1.807, 2.05) is 36.5 Å². The Morgan fingerprint density at radius 2 is 1.67 bits per heavy atom. The average molecular weight is 284 g/mol. The van der Waals surface area contributed by atoms with Gasteiger partial charge in [-0.3, -0.25) is 0 Å². The molecule has 1 N–H and O–H groups in total. The van der Waals surface area contributed by atoms with Gasteiger partial charge in [0.2, 0.25) is 0 Å². The fraction of sp³-hybridized carbons (Fsp3) is 0.375. The summed E-state index contributed by atoms with van der Waals surface area (Å²) >= 11 is 0. The van der Waals surface area contributed by atoms with E-state index >= 15 is 0 Å². The zero-order chi connectivity index (χ0) is 14.7. The van der Waals surface area contributed by atoms with Crippen molar-refractivity contribution in [3.05, 3.63) is 48.3 Å².